The zero-order valence-corrected chi connectivity index (χ0v) is 18.8. The van der Waals surface area contributed by atoms with Crippen molar-refractivity contribution < 1.29 is 14.3 Å². The Labute approximate surface area is 197 Å². The standard InChI is InChI=1S/C23H17N5O3S2/c24-13-17-11-12-32-22(17)25-19(29)14-31-20(30)15-33-23-27-26-21(16-7-3-1-4-8-16)28(23)18-9-5-2-6-10-18/h1-12H,14-15H2,(H,25,29). The van der Waals surface area contributed by atoms with Crippen LogP contribution in [0, 0.1) is 11.3 Å². The molecule has 8 nitrogen and oxygen atoms in total. The van der Waals surface area contributed by atoms with Crippen LogP contribution in [0.15, 0.2) is 77.3 Å². The number of para-hydroxylation sites is 1. The summed E-state index contributed by atoms with van der Waals surface area (Å²) in [6, 6.07) is 22.9. The van der Waals surface area contributed by atoms with Gasteiger partial charge in [0.15, 0.2) is 17.6 Å². The number of thioether (sulfide) groups is 1. The number of esters is 1. The molecule has 0 atom stereocenters. The molecule has 0 aliphatic heterocycles. The molecule has 1 amide bonds. The SMILES string of the molecule is N#Cc1ccsc1NC(=O)COC(=O)CSc1nnc(-c2ccccc2)n1-c1ccccc1. The predicted molar refractivity (Wildman–Crippen MR) is 126 cm³/mol. The zero-order valence-electron chi connectivity index (χ0n) is 17.2. The Balaban J connectivity index is 1.41. The van der Waals surface area contributed by atoms with Crippen LogP contribution in [-0.4, -0.2) is 39.0 Å². The predicted octanol–water partition coefficient (Wildman–Crippen LogP) is 4.14. The van der Waals surface area contributed by atoms with Crippen molar-refractivity contribution in [3.05, 3.63) is 77.7 Å². The van der Waals surface area contributed by atoms with Crippen LogP contribution in [0.3, 0.4) is 0 Å². The number of nitrogens with one attached hydrogen (secondary N) is 1. The average Bonchev–Trinajstić information content (AvgIpc) is 3.49. The molecule has 0 aliphatic rings. The Bertz CT molecular complexity index is 1300. The van der Waals surface area contributed by atoms with Crippen LogP contribution in [0.25, 0.3) is 17.1 Å². The van der Waals surface area contributed by atoms with Crippen LogP contribution in [-0.2, 0) is 14.3 Å². The molecule has 4 aromatic rings. The number of nitriles is 1. The largest absolute Gasteiger partial charge is 0.455 e. The fraction of sp³-hybridized carbons (Fsp3) is 0.0870. The van der Waals surface area contributed by atoms with Crippen molar-refractivity contribution in [2.24, 2.45) is 0 Å². The fourth-order valence-electron chi connectivity index (χ4n) is 2.92. The molecule has 0 spiro atoms. The molecular formula is C23H17N5O3S2. The van der Waals surface area contributed by atoms with Gasteiger partial charge in [0.2, 0.25) is 0 Å². The maximum Gasteiger partial charge on any atom is 0.316 e. The molecular weight excluding hydrogens is 458 g/mol. The number of carbonyl (C=O) groups excluding carboxylic acids is 2. The van der Waals surface area contributed by atoms with Gasteiger partial charge in [-0.3, -0.25) is 14.2 Å². The highest BCUT2D eigenvalue weighted by Crippen LogP contribution is 2.28. The minimum absolute atomic E-state index is 0.0461. The Morgan fingerprint density at radius 2 is 1.79 bits per heavy atom. The zero-order chi connectivity index (χ0) is 23.0. The number of hydrogen-bond donors (Lipinski definition) is 1. The van der Waals surface area contributed by atoms with Crippen molar-refractivity contribution in [1.82, 2.24) is 14.8 Å². The highest BCUT2D eigenvalue weighted by Gasteiger charge is 2.18. The molecule has 2 aromatic heterocycles. The van der Waals surface area contributed by atoms with Crippen LogP contribution < -0.4 is 5.32 Å². The van der Waals surface area contributed by atoms with Crippen molar-refractivity contribution in [3.8, 4) is 23.1 Å². The van der Waals surface area contributed by atoms with Crippen LogP contribution >= 0.6 is 23.1 Å². The van der Waals surface area contributed by atoms with Gasteiger partial charge in [-0.15, -0.1) is 21.5 Å². The minimum Gasteiger partial charge on any atom is -0.455 e. The first-order chi connectivity index (χ1) is 16.2. The van der Waals surface area contributed by atoms with Gasteiger partial charge in [-0.2, -0.15) is 5.26 Å². The van der Waals surface area contributed by atoms with Gasteiger partial charge in [0.25, 0.3) is 5.91 Å². The highest BCUT2D eigenvalue weighted by molar-refractivity contribution is 7.99. The van der Waals surface area contributed by atoms with Gasteiger partial charge >= 0.3 is 5.97 Å². The molecule has 4 rings (SSSR count). The van der Waals surface area contributed by atoms with Crippen molar-refractivity contribution in [2.45, 2.75) is 5.16 Å². The molecule has 164 valence electrons. The van der Waals surface area contributed by atoms with Gasteiger partial charge in [-0.05, 0) is 23.6 Å². The second kappa shape index (κ2) is 10.6. The Kier molecular flexibility index (Phi) is 7.14. The summed E-state index contributed by atoms with van der Waals surface area (Å²) in [7, 11) is 0. The number of anilines is 1. The number of aromatic nitrogens is 3. The fourth-order valence-corrected chi connectivity index (χ4v) is 4.42. The monoisotopic (exact) mass is 475 g/mol. The lowest BCUT2D eigenvalue weighted by Gasteiger charge is -2.10. The highest BCUT2D eigenvalue weighted by atomic mass is 32.2. The maximum atomic E-state index is 12.2. The number of carbonyl (C=O) groups is 2. The summed E-state index contributed by atoms with van der Waals surface area (Å²) in [6.07, 6.45) is 0. The topological polar surface area (TPSA) is 110 Å². The van der Waals surface area contributed by atoms with E-state index in [9.17, 15) is 9.59 Å². The molecule has 0 radical (unpaired) electrons. The third-order valence-corrected chi connectivity index (χ3v) is 6.13. The lowest BCUT2D eigenvalue weighted by Crippen LogP contribution is -2.21. The van der Waals surface area contributed by atoms with Gasteiger partial charge < -0.3 is 10.1 Å². The Morgan fingerprint density at radius 3 is 2.52 bits per heavy atom. The van der Waals surface area contributed by atoms with Crippen LogP contribution in [0.5, 0.6) is 0 Å². The third kappa shape index (κ3) is 5.46. The van der Waals surface area contributed by atoms with Crippen molar-refractivity contribution >= 4 is 40.0 Å². The lowest BCUT2D eigenvalue weighted by molar-refractivity contribution is -0.144. The second-order valence-electron chi connectivity index (χ2n) is 6.62. The van der Waals surface area contributed by atoms with E-state index in [1.165, 1.54) is 23.1 Å². The van der Waals surface area contributed by atoms with E-state index in [2.05, 4.69) is 15.5 Å². The number of benzene rings is 2. The molecule has 0 bridgehead atoms. The summed E-state index contributed by atoms with van der Waals surface area (Å²) in [5.74, 6) is -0.465. The van der Waals surface area contributed by atoms with E-state index in [0.717, 1.165) is 11.3 Å². The van der Waals surface area contributed by atoms with E-state index >= 15 is 0 Å². The van der Waals surface area contributed by atoms with Crippen molar-refractivity contribution in [1.29, 1.82) is 5.26 Å². The average molecular weight is 476 g/mol. The molecule has 0 fully saturated rings. The van der Waals surface area contributed by atoms with Gasteiger partial charge in [0, 0.05) is 11.3 Å². The van der Waals surface area contributed by atoms with E-state index in [1.54, 1.807) is 11.4 Å². The first-order valence-electron chi connectivity index (χ1n) is 9.78. The number of amides is 1. The molecule has 10 heteroatoms. The van der Waals surface area contributed by atoms with E-state index in [1.807, 2.05) is 71.3 Å². The molecule has 2 heterocycles. The molecule has 0 saturated carbocycles. The Hall–Kier alpha value is -3.94. The van der Waals surface area contributed by atoms with Gasteiger partial charge in [0.1, 0.15) is 11.1 Å². The van der Waals surface area contributed by atoms with E-state index in [-0.39, 0.29) is 5.75 Å². The van der Waals surface area contributed by atoms with Crippen LogP contribution in [0.2, 0.25) is 0 Å². The van der Waals surface area contributed by atoms with Crippen LogP contribution in [0.1, 0.15) is 5.56 Å². The Morgan fingerprint density at radius 1 is 1.06 bits per heavy atom. The van der Waals surface area contributed by atoms with E-state index in [0.29, 0.717) is 21.5 Å². The van der Waals surface area contributed by atoms with E-state index in [4.69, 9.17) is 10.00 Å². The first kappa shape index (κ1) is 22.3. The molecule has 2 aromatic carbocycles. The summed E-state index contributed by atoms with van der Waals surface area (Å²) in [5, 5.41) is 22.8. The summed E-state index contributed by atoms with van der Waals surface area (Å²) < 4.78 is 6.95. The van der Waals surface area contributed by atoms with Crippen molar-refractivity contribution in [3.63, 3.8) is 0 Å². The summed E-state index contributed by atoms with van der Waals surface area (Å²) in [6.45, 7) is -0.442. The van der Waals surface area contributed by atoms with Crippen molar-refractivity contribution in [2.75, 3.05) is 17.7 Å². The summed E-state index contributed by atoms with van der Waals surface area (Å²) in [4.78, 5) is 24.3. The van der Waals surface area contributed by atoms with Gasteiger partial charge in [0.05, 0.1) is 11.3 Å². The summed E-state index contributed by atoms with van der Waals surface area (Å²) >= 11 is 2.40. The lowest BCUT2D eigenvalue weighted by atomic mass is 10.2. The quantitative estimate of drug-likeness (QED) is 0.301. The van der Waals surface area contributed by atoms with Gasteiger partial charge in [-0.1, -0.05) is 60.3 Å². The molecule has 0 saturated heterocycles. The van der Waals surface area contributed by atoms with Gasteiger partial charge in [-0.25, -0.2) is 0 Å². The number of rotatable bonds is 8. The first-order valence-corrected chi connectivity index (χ1v) is 11.6. The molecule has 33 heavy (non-hydrogen) atoms. The number of hydrogen-bond acceptors (Lipinski definition) is 8. The minimum atomic E-state index is -0.564. The van der Waals surface area contributed by atoms with E-state index < -0.39 is 18.5 Å². The summed E-state index contributed by atoms with van der Waals surface area (Å²) in [5.41, 5.74) is 2.12. The van der Waals surface area contributed by atoms with Crippen LogP contribution in [0.4, 0.5) is 5.00 Å². The molecule has 1 N–H and O–H groups in total. The molecule has 0 aliphatic carbocycles. The maximum absolute atomic E-state index is 12.2. The number of nitrogens with zero attached hydrogens (tertiary/aromatic N) is 4. The molecule has 0 unspecified atom stereocenters. The number of thiophene rings is 1. The smallest absolute Gasteiger partial charge is 0.316 e. The number of ether oxygens (including phenoxy) is 1. The normalized spacial score (nSPS) is 10.4. The second-order valence-corrected chi connectivity index (χ2v) is 8.47. The third-order valence-electron chi connectivity index (χ3n) is 4.40.